The van der Waals surface area contributed by atoms with Gasteiger partial charge in [-0.1, -0.05) is 0 Å². The molecule has 0 bridgehead atoms. The number of hydrogen-bond donors (Lipinski definition) is 3. The molecule has 0 spiro atoms. The zero-order valence-electron chi connectivity index (χ0n) is 7.12. The van der Waals surface area contributed by atoms with Gasteiger partial charge in [0.25, 0.3) is 0 Å². The zero-order valence-corrected chi connectivity index (χ0v) is 7.93. The van der Waals surface area contributed by atoms with Crippen molar-refractivity contribution in [2.45, 2.75) is 18.1 Å². The second-order valence-electron chi connectivity index (χ2n) is 2.99. The maximum atomic E-state index is 11.3. The van der Waals surface area contributed by atoms with E-state index < -0.39 is 21.1 Å². The number of nitrogens with two attached hydrogens (primary N) is 1. The van der Waals surface area contributed by atoms with Crippen LogP contribution in [-0.2, 0) is 9.84 Å². The zero-order chi connectivity index (χ0) is 9.90. The molecule has 0 radical (unpaired) electrons. The highest BCUT2D eigenvalue weighted by atomic mass is 32.2. The Balaban J connectivity index is 2.42. The summed E-state index contributed by atoms with van der Waals surface area (Å²) < 4.78 is 22.5. The maximum absolute atomic E-state index is 11.3. The lowest BCUT2D eigenvalue weighted by Crippen LogP contribution is -2.43. The van der Waals surface area contributed by atoms with Crippen molar-refractivity contribution in [2.24, 2.45) is 5.84 Å². The summed E-state index contributed by atoms with van der Waals surface area (Å²) in [5.74, 6) is 5.04. The molecule has 4 N–H and O–H groups in total. The summed E-state index contributed by atoms with van der Waals surface area (Å²) in [5, 5.41) is 1.94. The first-order valence-corrected chi connectivity index (χ1v) is 5.74. The average Bonchev–Trinajstić information content (AvgIpc) is 2.41. The molecule has 2 amide bonds. The van der Waals surface area contributed by atoms with Gasteiger partial charge in [0.15, 0.2) is 9.84 Å². The molecule has 0 aliphatic carbocycles. The Morgan fingerprint density at radius 1 is 1.54 bits per heavy atom. The van der Waals surface area contributed by atoms with Crippen molar-refractivity contribution in [1.29, 1.82) is 0 Å². The molecule has 1 heterocycles. The fraction of sp³-hybridized carbons (Fsp3) is 0.833. The first-order valence-electron chi connectivity index (χ1n) is 4.02. The van der Waals surface area contributed by atoms with Gasteiger partial charge in [-0.05, 0) is 12.8 Å². The van der Waals surface area contributed by atoms with Gasteiger partial charge >= 0.3 is 6.03 Å². The molecule has 13 heavy (non-hydrogen) atoms. The van der Waals surface area contributed by atoms with Crippen LogP contribution in [0.3, 0.4) is 0 Å². The molecule has 1 saturated heterocycles. The van der Waals surface area contributed by atoms with E-state index in [0.717, 1.165) is 0 Å². The van der Waals surface area contributed by atoms with Gasteiger partial charge in [-0.3, -0.25) is 5.43 Å². The van der Waals surface area contributed by atoms with Gasteiger partial charge in [-0.25, -0.2) is 19.1 Å². The molecule has 1 fully saturated rings. The number of rotatable bonds is 2. The topological polar surface area (TPSA) is 101 Å². The van der Waals surface area contributed by atoms with E-state index in [1.54, 1.807) is 0 Å². The van der Waals surface area contributed by atoms with Crippen molar-refractivity contribution < 1.29 is 13.2 Å². The highest BCUT2D eigenvalue weighted by molar-refractivity contribution is 7.92. The number of amides is 2. The lowest BCUT2D eigenvalue weighted by molar-refractivity contribution is 0.241. The van der Waals surface area contributed by atoms with Crippen LogP contribution in [0.15, 0.2) is 0 Å². The van der Waals surface area contributed by atoms with Gasteiger partial charge in [0, 0.05) is 6.54 Å². The second kappa shape index (κ2) is 3.93. The quantitative estimate of drug-likeness (QED) is 0.299. The van der Waals surface area contributed by atoms with E-state index in [-0.39, 0.29) is 12.3 Å². The Kier molecular flexibility index (Phi) is 3.10. The minimum absolute atomic E-state index is 0.144. The molecular formula is C6H13N3O3S. The minimum atomic E-state index is -2.97. The summed E-state index contributed by atoms with van der Waals surface area (Å²) in [6.07, 6.45) is 1.30. The number of sulfone groups is 1. The summed E-state index contributed by atoms with van der Waals surface area (Å²) in [6.45, 7) is 0.144. The number of hydrazine groups is 1. The number of nitrogens with one attached hydrogen (secondary N) is 2. The molecule has 1 rings (SSSR count). The molecule has 7 heteroatoms. The lowest BCUT2D eigenvalue weighted by Gasteiger charge is -2.09. The summed E-state index contributed by atoms with van der Waals surface area (Å²) in [6, 6.07) is -0.554. The van der Waals surface area contributed by atoms with Crippen LogP contribution in [0.25, 0.3) is 0 Å². The van der Waals surface area contributed by atoms with E-state index in [9.17, 15) is 13.2 Å². The van der Waals surface area contributed by atoms with Gasteiger partial charge in [-0.2, -0.15) is 0 Å². The molecule has 1 atom stereocenters. The van der Waals surface area contributed by atoms with Crippen LogP contribution >= 0.6 is 0 Å². The number of hydrogen-bond acceptors (Lipinski definition) is 4. The first kappa shape index (κ1) is 10.3. The summed E-state index contributed by atoms with van der Waals surface area (Å²) in [7, 11) is -2.97. The molecule has 0 saturated carbocycles. The van der Waals surface area contributed by atoms with Crippen LogP contribution in [-0.4, -0.2) is 32.0 Å². The van der Waals surface area contributed by atoms with Gasteiger partial charge in [-0.15, -0.1) is 0 Å². The van der Waals surface area contributed by atoms with E-state index in [0.29, 0.717) is 12.8 Å². The highest BCUT2D eigenvalue weighted by Crippen LogP contribution is 2.18. The van der Waals surface area contributed by atoms with Crippen LogP contribution in [0.1, 0.15) is 12.8 Å². The third kappa shape index (κ3) is 2.56. The number of carbonyl (C=O) groups is 1. The predicted octanol–water partition coefficient (Wildman–Crippen LogP) is -1.26. The van der Waals surface area contributed by atoms with Gasteiger partial charge < -0.3 is 5.32 Å². The summed E-state index contributed by atoms with van der Waals surface area (Å²) in [4.78, 5) is 10.6. The van der Waals surface area contributed by atoms with Gasteiger partial charge in [0.05, 0.1) is 11.0 Å². The highest BCUT2D eigenvalue weighted by Gasteiger charge is 2.31. The van der Waals surface area contributed by atoms with Crippen molar-refractivity contribution in [3.05, 3.63) is 0 Å². The van der Waals surface area contributed by atoms with Crippen LogP contribution in [0.2, 0.25) is 0 Å². The van der Waals surface area contributed by atoms with Crippen molar-refractivity contribution in [3.63, 3.8) is 0 Å². The van der Waals surface area contributed by atoms with E-state index in [1.165, 1.54) is 0 Å². The predicted molar refractivity (Wildman–Crippen MR) is 47.5 cm³/mol. The summed E-state index contributed by atoms with van der Waals surface area (Å²) in [5.41, 5.74) is 1.87. The summed E-state index contributed by atoms with van der Waals surface area (Å²) >= 11 is 0. The third-order valence-electron chi connectivity index (χ3n) is 2.08. The van der Waals surface area contributed by atoms with Gasteiger partial charge in [0.2, 0.25) is 0 Å². The van der Waals surface area contributed by atoms with Crippen LogP contribution in [0.5, 0.6) is 0 Å². The fourth-order valence-electron chi connectivity index (χ4n) is 1.35. The first-order chi connectivity index (χ1) is 6.06. The Hall–Kier alpha value is -0.820. The van der Waals surface area contributed by atoms with Crippen molar-refractivity contribution in [1.82, 2.24) is 10.7 Å². The largest absolute Gasteiger partial charge is 0.336 e. The van der Waals surface area contributed by atoms with E-state index in [2.05, 4.69) is 5.32 Å². The normalized spacial score (nSPS) is 25.5. The van der Waals surface area contributed by atoms with Crippen LogP contribution in [0.4, 0.5) is 4.79 Å². The van der Waals surface area contributed by atoms with Gasteiger partial charge in [0.1, 0.15) is 0 Å². The number of carbonyl (C=O) groups excluding carboxylic acids is 1. The second-order valence-corrected chi connectivity index (χ2v) is 5.39. The molecule has 76 valence electrons. The van der Waals surface area contributed by atoms with E-state index in [1.807, 2.05) is 5.43 Å². The van der Waals surface area contributed by atoms with E-state index in [4.69, 9.17) is 5.84 Å². The smallest absolute Gasteiger partial charge is 0.328 e. The standard InChI is InChI=1S/C6H13N3O3S/c7-9-6(10)8-4-5-2-1-3-13(5,11)12/h5H,1-4,7H2,(H2,8,9,10). The molecule has 0 aromatic rings. The maximum Gasteiger partial charge on any atom is 0.328 e. The Morgan fingerprint density at radius 3 is 2.69 bits per heavy atom. The Labute approximate surface area is 76.8 Å². The molecule has 1 unspecified atom stereocenters. The molecule has 6 nitrogen and oxygen atoms in total. The molecular weight excluding hydrogens is 194 g/mol. The molecule has 1 aliphatic rings. The Morgan fingerprint density at radius 2 is 2.23 bits per heavy atom. The van der Waals surface area contributed by atoms with Crippen LogP contribution in [0, 0.1) is 0 Å². The monoisotopic (exact) mass is 207 g/mol. The van der Waals surface area contributed by atoms with Crippen molar-refractivity contribution >= 4 is 15.9 Å². The third-order valence-corrected chi connectivity index (χ3v) is 4.36. The Bertz CT molecular complexity index is 287. The van der Waals surface area contributed by atoms with Crippen molar-refractivity contribution in [2.75, 3.05) is 12.3 Å². The average molecular weight is 207 g/mol. The number of urea groups is 1. The van der Waals surface area contributed by atoms with Crippen LogP contribution < -0.4 is 16.6 Å². The lowest BCUT2D eigenvalue weighted by atomic mass is 10.2. The molecule has 1 aliphatic heterocycles. The fourth-order valence-corrected chi connectivity index (χ4v) is 3.11. The minimum Gasteiger partial charge on any atom is -0.336 e. The molecule has 0 aromatic carbocycles. The molecule has 0 aromatic heterocycles. The van der Waals surface area contributed by atoms with E-state index >= 15 is 0 Å². The van der Waals surface area contributed by atoms with Crippen molar-refractivity contribution in [3.8, 4) is 0 Å². The SMILES string of the molecule is NNC(=O)NCC1CCCS1(=O)=O.